The van der Waals surface area contributed by atoms with Gasteiger partial charge >= 0.3 is 5.97 Å². The third-order valence-corrected chi connectivity index (χ3v) is 3.12. The zero-order valence-electron chi connectivity index (χ0n) is 12.9. The monoisotopic (exact) mass is 296 g/mol. The Labute approximate surface area is 131 Å². The third-order valence-electron chi connectivity index (χ3n) is 3.12. The second-order valence-corrected chi connectivity index (χ2v) is 4.90. The largest absolute Gasteiger partial charge is 0.488 e. The van der Waals surface area contributed by atoms with E-state index in [0.717, 1.165) is 16.9 Å². The summed E-state index contributed by atoms with van der Waals surface area (Å²) >= 11 is 0. The van der Waals surface area contributed by atoms with Crippen molar-refractivity contribution >= 4 is 12.0 Å². The molecule has 2 aromatic carbocycles. The Balaban J connectivity index is 2.04. The second kappa shape index (κ2) is 8.03. The van der Waals surface area contributed by atoms with Crippen LogP contribution in [-0.2, 0) is 16.1 Å². The molecule has 0 unspecified atom stereocenters. The fourth-order valence-electron chi connectivity index (χ4n) is 1.94. The molecular weight excluding hydrogens is 276 g/mol. The summed E-state index contributed by atoms with van der Waals surface area (Å²) in [7, 11) is 0. The first kappa shape index (κ1) is 15.8. The molecule has 0 amide bonds. The van der Waals surface area contributed by atoms with Gasteiger partial charge in [-0.2, -0.15) is 0 Å². The summed E-state index contributed by atoms with van der Waals surface area (Å²) in [5.74, 6) is 0.388. The normalized spacial score (nSPS) is 10.6. The number of benzene rings is 2. The first-order valence-corrected chi connectivity index (χ1v) is 7.31. The number of para-hydroxylation sites is 1. The minimum absolute atomic E-state index is 0.351. The van der Waals surface area contributed by atoms with Crippen molar-refractivity contribution in [1.29, 1.82) is 0 Å². The number of ether oxygens (including phenoxy) is 2. The van der Waals surface area contributed by atoms with E-state index in [1.54, 1.807) is 13.0 Å². The van der Waals surface area contributed by atoms with Crippen molar-refractivity contribution in [3.8, 4) is 5.75 Å². The predicted octanol–water partition coefficient (Wildman–Crippen LogP) is 4.15. The molecule has 2 rings (SSSR count). The smallest absolute Gasteiger partial charge is 0.330 e. The Kier molecular flexibility index (Phi) is 5.78. The highest BCUT2D eigenvalue weighted by Crippen LogP contribution is 2.21. The lowest BCUT2D eigenvalue weighted by molar-refractivity contribution is -0.137. The average molecular weight is 296 g/mol. The van der Waals surface area contributed by atoms with Crippen molar-refractivity contribution in [1.82, 2.24) is 0 Å². The number of hydrogen-bond donors (Lipinski definition) is 0. The van der Waals surface area contributed by atoms with Gasteiger partial charge in [-0.1, -0.05) is 48.0 Å². The van der Waals surface area contributed by atoms with Crippen molar-refractivity contribution in [3.63, 3.8) is 0 Å². The molecule has 0 atom stereocenters. The van der Waals surface area contributed by atoms with Gasteiger partial charge in [-0.05, 0) is 31.6 Å². The summed E-state index contributed by atoms with van der Waals surface area (Å²) in [5.41, 5.74) is 3.18. The lowest BCUT2D eigenvalue weighted by Crippen LogP contribution is -1.99. The molecule has 0 radical (unpaired) electrons. The maximum Gasteiger partial charge on any atom is 0.330 e. The van der Waals surface area contributed by atoms with Gasteiger partial charge in [-0.3, -0.25) is 0 Å². The van der Waals surface area contributed by atoms with E-state index in [0.29, 0.717) is 13.2 Å². The van der Waals surface area contributed by atoms with E-state index in [1.165, 1.54) is 11.6 Å². The minimum atomic E-state index is -0.351. The third kappa shape index (κ3) is 4.77. The maximum absolute atomic E-state index is 11.4. The first-order valence-electron chi connectivity index (χ1n) is 7.31. The van der Waals surface area contributed by atoms with Gasteiger partial charge < -0.3 is 9.47 Å². The molecule has 0 aliphatic heterocycles. The lowest BCUT2D eigenvalue weighted by Gasteiger charge is -2.09. The van der Waals surface area contributed by atoms with Crippen molar-refractivity contribution in [3.05, 3.63) is 71.3 Å². The molecule has 0 saturated carbocycles. The van der Waals surface area contributed by atoms with E-state index in [2.05, 4.69) is 19.1 Å². The highest BCUT2D eigenvalue weighted by atomic mass is 16.5. The van der Waals surface area contributed by atoms with Crippen LogP contribution in [0.1, 0.15) is 23.6 Å². The highest BCUT2D eigenvalue weighted by molar-refractivity contribution is 5.87. The van der Waals surface area contributed by atoms with E-state index in [1.807, 2.05) is 36.4 Å². The lowest BCUT2D eigenvalue weighted by atomic mass is 10.1. The van der Waals surface area contributed by atoms with Gasteiger partial charge in [-0.25, -0.2) is 4.79 Å². The number of rotatable bonds is 6. The summed E-state index contributed by atoms with van der Waals surface area (Å²) in [5, 5.41) is 0. The second-order valence-electron chi connectivity index (χ2n) is 4.90. The first-order chi connectivity index (χ1) is 10.7. The summed E-state index contributed by atoms with van der Waals surface area (Å²) in [6.07, 6.45) is 3.13. The fraction of sp³-hybridized carbons (Fsp3) is 0.211. The van der Waals surface area contributed by atoms with Crippen molar-refractivity contribution in [2.75, 3.05) is 6.61 Å². The molecule has 0 spiro atoms. The topological polar surface area (TPSA) is 35.5 Å². The zero-order chi connectivity index (χ0) is 15.8. The van der Waals surface area contributed by atoms with E-state index < -0.39 is 0 Å². The van der Waals surface area contributed by atoms with E-state index in [9.17, 15) is 4.79 Å². The SMILES string of the molecule is CCOC(=O)C=Cc1ccccc1OCc1ccc(C)cc1. The molecule has 22 heavy (non-hydrogen) atoms. The molecular formula is C19H20O3. The van der Waals surface area contributed by atoms with Crippen LogP contribution in [0.2, 0.25) is 0 Å². The van der Waals surface area contributed by atoms with Crippen LogP contribution in [0.25, 0.3) is 6.08 Å². The Morgan fingerprint density at radius 1 is 1.09 bits per heavy atom. The summed E-state index contributed by atoms with van der Waals surface area (Å²) in [6.45, 7) is 4.70. The van der Waals surface area contributed by atoms with Gasteiger partial charge in [0, 0.05) is 11.6 Å². The average Bonchev–Trinajstić information content (AvgIpc) is 2.53. The molecule has 3 nitrogen and oxygen atoms in total. The molecule has 0 bridgehead atoms. The molecule has 2 aromatic rings. The molecule has 0 saturated heterocycles. The highest BCUT2D eigenvalue weighted by Gasteiger charge is 2.02. The van der Waals surface area contributed by atoms with Crippen LogP contribution in [0.4, 0.5) is 0 Å². The van der Waals surface area contributed by atoms with Gasteiger partial charge in [0.25, 0.3) is 0 Å². The quantitative estimate of drug-likeness (QED) is 0.593. The maximum atomic E-state index is 11.4. The summed E-state index contributed by atoms with van der Waals surface area (Å²) < 4.78 is 10.7. The van der Waals surface area contributed by atoms with Crippen LogP contribution < -0.4 is 4.74 Å². The van der Waals surface area contributed by atoms with E-state index in [-0.39, 0.29) is 5.97 Å². The van der Waals surface area contributed by atoms with Gasteiger partial charge in [0.05, 0.1) is 6.61 Å². The van der Waals surface area contributed by atoms with Crippen LogP contribution in [0.5, 0.6) is 5.75 Å². The molecule has 0 aliphatic rings. The fourth-order valence-corrected chi connectivity index (χ4v) is 1.94. The number of esters is 1. The molecule has 0 heterocycles. The van der Waals surface area contributed by atoms with E-state index in [4.69, 9.17) is 9.47 Å². The van der Waals surface area contributed by atoms with Crippen LogP contribution in [0, 0.1) is 6.92 Å². The number of aryl methyl sites for hydroxylation is 1. The zero-order valence-corrected chi connectivity index (χ0v) is 12.9. The molecule has 0 aliphatic carbocycles. The summed E-state index contributed by atoms with van der Waals surface area (Å²) in [6, 6.07) is 15.8. The molecule has 114 valence electrons. The van der Waals surface area contributed by atoms with Crippen molar-refractivity contribution in [2.24, 2.45) is 0 Å². The van der Waals surface area contributed by atoms with Crippen LogP contribution >= 0.6 is 0 Å². The predicted molar refractivity (Wildman–Crippen MR) is 87.6 cm³/mol. The Morgan fingerprint density at radius 3 is 2.55 bits per heavy atom. The Hall–Kier alpha value is -2.55. The standard InChI is InChI=1S/C19H20O3/c1-3-21-19(20)13-12-17-6-4-5-7-18(17)22-14-16-10-8-15(2)9-11-16/h4-13H,3,14H2,1-2H3. The van der Waals surface area contributed by atoms with Crippen LogP contribution in [-0.4, -0.2) is 12.6 Å². The van der Waals surface area contributed by atoms with Gasteiger partial charge in [0.2, 0.25) is 0 Å². The van der Waals surface area contributed by atoms with Gasteiger partial charge in [0.1, 0.15) is 12.4 Å². The molecule has 0 fully saturated rings. The van der Waals surface area contributed by atoms with Gasteiger partial charge in [-0.15, -0.1) is 0 Å². The number of carbonyl (C=O) groups is 1. The molecule has 0 N–H and O–H groups in total. The summed E-state index contributed by atoms with van der Waals surface area (Å²) in [4.78, 5) is 11.4. The number of hydrogen-bond acceptors (Lipinski definition) is 3. The van der Waals surface area contributed by atoms with Crippen molar-refractivity contribution in [2.45, 2.75) is 20.5 Å². The minimum Gasteiger partial charge on any atom is -0.488 e. The molecule has 3 heteroatoms. The van der Waals surface area contributed by atoms with Gasteiger partial charge in [0.15, 0.2) is 0 Å². The van der Waals surface area contributed by atoms with Crippen molar-refractivity contribution < 1.29 is 14.3 Å². The Bertz CT molecular complexity index is 642. The number of carbonyl (C=O) groups excluding carboxylic acids is 1. The molecule has 0 aromatic heterocycles. The van der Waals surface area contributed by atoms with Crippen LogP contribution in [0.3, 0.4) is 0 Å². The Morgan fingerprint density at radius 2 is 1.82 bits per heavy atom. The van der Waals surface area contributed by atoms with Crippen LogP contribution in [0.15, 0.2) is 54.6 Å². The van der Waals surface area contributed by atoms with E-state index >= 15 is 0 Å².